The Kier molecular flexibility index (Phi) is 3.98. The van der Waals surface area contributed by atoms with E-state index in [1.807, 2.05) is 24.3 Å². The first-order valence-corrected chi connectivity index (χ1v) is 9.44. The van der Waals surface area contributed by atoms with Crippen LogP contribution in [0, 0.1) is 5.92 Å². The third-order valence-electron chi connectivity index (χ3n) is 6.00. The molecule has 0 spiro atoms. The van der Waals surface area contributed by atoms with Crippen molar-refractivity contribution in [1.29, 1.82) is 0 Å². The standard InChI is InChI=1S/C21H24N2O3/c24-19-3-1-15(16-2-4-20-21(10-16)26-13-25-20)9-17(19)11-22-18-12-23-7-5-14(18)6-8-23/h1-4,9-10,14,18,22,24H,5-8,11-13H2. The zero-order chi connectivity index (χ0) is 17.5. The fraction of sp³-hybridized carbons (Fsp3) is 0.429. The highest BCUT2D eigenvalue weighted by molar-refractivity contribution is 5.69. The number of aromatic hydroxyl groups is 1. The van der Waals surface area contributed by atoms with Crippen molar-refractivity contribution >= 4 is 0 Å². The van der Waals surface area contributed by atoms with Crippen molar-refractivity contribution in [3.63, 3.8) is 0 Å². The van der Waals surface area contributed by atoms with Crippen LogP contribution in [0.25, 0.3) is 11.1 Å². The summed E-state index contributed by atoms with van der Waals surface area (Å²) >= 11 is 0. The van der Waals surface area contributed by atoms with Crippen LogP contribution in [0.2, 0.25) is 0 Å². The molecule has 0 saturated carbocycles. The van der Waals surface area contributed by atoms with Crippen molar-refractivity contribution in [1.82, 2.24) is 10.2 Å². The minimum absolute atomic E-state index is 0.281. The molecule has 136 valence electrons. The van der Waals surface area contributed by atoms with Gasteiger partial charge in [0.2, 0.25) is 6.79 Å². The quantitative estimate of drug-likeness (QED) is 0.886. The molecule has 3 saturated heterocycles. The number of ether oxygens (including phenoxy) is 2. The molecule has 0 aliphatic carbocycles. The van der Waals surface area contributed by atoms with Crippen molar-refractivity contribution in [2.24, 2.45) is 5.92 Å². The van der Waals surface area contributed by atoms with Crippen molar-refractivity contribution < 1.29 is 14.6 Å². The van der Waals surface area contributed by atoms with E-state index in [0.29, 0.717) is 18.3 Å². The largest absolute Gasteiger partial charge is 0.508 e. The van der Waals surface area contributed by atoms with Crippen LogP contribution in [0.5, 0.6) is 17.2 Å². The predicted octanol–water partition coefficient (Wildman–Crippen LogP) is 2.97. The maximum absolute atomic E-state index is 10.3. The Bertz CT molecular complexity index is 815. The Balaban J connectivity index is 1.34. The first kappa shape index (κ1) is 16.0. The number of phenolic OH excluding ortho intramolecular Hbond substituents is 1. The van der Waals surface area contributed by atoms with E-state index in [1.165, 1.54) is 25.9 Å². The molecule has 4 heterocycles. The Labute approximate surface area is 153 Å². The molecule has 26 heavy (non-hydrogen) atoms. The van der Waals surface area contributed by atoms with Crippen LogP contribution in [0.4, 0.5) is 0 Å². The molecule has 2 aromatic rings. The summed E-state index contributed by atoms with van der Waals surface area (Å²) < 4.78 is 10.9. The Morgan fingerprint density at radius 3 is 2.58 bits per heavy atom. The first-order valence-electron chi connectivity index (χ1n) is 9.44. The summed E-state index contributed by atoms with van der Waals surface area (Å²) in [7, 11) is 0. The average Bonchev–Trinajstić information content (AvgIpc) is 3.16. The van der Waals surface area contributed by atoms with Gasteiger partial charge in [0.25, 0.3) is 0 Å². The van der Waals surface area contributed by atoms with E-state index in [0.717, 1.165) is 40.7 Å². The SMILES string of the molecule is Oc1ccc(-c2ccc3c(c2)OCO3)cc1CNC1CN2CCC1CC2. The monoisotopic (exact) mass is 352 g/mol. The summed E-state index contributed by atoms with van der Waals surface area (Å²) in [5.74, 6) is 2.70. The fourth-order valence-electron chi connectivity index (χ4n) is 4.42. The number of fused-ring (bicyclic) bond motifs is 4. The zero-order valence-corrected chi connectivity index (χ0v) is 14.8. The molecular weight excluding hydrogens is 328 g/mol. The highest BCUT2D eigenvalue weighted by atomic mass is 16.7. The maximum atomic E-state index is 10.3. The number of benzene rings is 2. The second-order valence-electron chi connectivity index (χ2n) is 7.54. The minimum Gasteiger partial charge on any atom is -0.508 e. The van der Waals surface area contributed by atoms with Gasteiger partial charge in [0.15, 0.2) is 11.5 Å². The lowest BCUT2D eigenvalue weighted by Gasteiger charge is -2.45. The molecule has 0 amide bonds. The molecule has 2 aromatic carbocycles. The molecular formula is C21H24N2O3. The van der Waals surface area contributed by atoms with E-state index in [-0.39, 0.29) is 6.79 Å². The Morgan fingerprint density at radius 2 is 1.77 bits per heavy atom. The predicted molar refractivity (Wildman–Crippen MR) is 99.5 cm³/mol. The van der Waals surface area contributed by atoms with E-state index in [4.69, 9.17) is 9.47 Å². The van der Waals surface area contributed by atoms with Gasteiger partial charge in [-0.15, -0.1) is 0 Å². The third-order valence-corrected chi connectivity index (χ3v) is 6.00. The van der Waals surface area contributed by atoms with Crippen LogP contribution >= 0.6 is 0 Å². The molecule has 5 nitrogen and oxygen atoms in total. The lowest BCUT2D eigenvalue weighted by molar-refractivity contribution is 0.0719. The number of piperidine rings is 3. The summed E-state index contributed by atoms with van der Waals surface area (Å²) in [4.78, 5) is 2.54. The first-order chi connectivity index (χ1) is 12.8. The summed E-state index contributed by atoms with van der Waals surface area (Å²) in [5.41, 5.74) is 3.08. The van der Waals surface area contributed by atoms with Crippen LogP contribution in [0.1, 0.15) is 18.4 Å². The van der Waals surface area contributed by atoms with Crippen LogP contribution in [0.15, 0.2) is 36.4 Å². The molecule has 1 unspecified atom stereocenters. The molecule has 5 heteroatoms. The Morgan fingerprint density at radius 1 is 1.00 bits per heavy atom. The molecule has 1 atom stereocenters. The smallest absolute Gasteiger partial charge is 0.231 e. The summed E-state index contributed by atoms with van der Waals surface area (Å²) in [5, 5.41) is 14.0. The number of nitrogens with zero attached hydrogens (tertiary/aromatic N) is 1. The van der Waals surface area contributed by atoms with Gasteiger partial charge in [-0.2, -0.15) is 0 Å². The van der Waals surface area contributed by atoms with Gasteiger partial charge in [-0.3, -0.25) is 0 Å². The van der Waals surface area contributed by atoms with Gasteiger partial charge in [-0.1, -0.05) is 12.1 Å². The van der Waals surface area contributed by atoms with Gasteiger partial charge < -0.3 is 24.8 Å². The van der Waals surface area contributed by atoms with Crippen LogP contribution in [-0.4, -0.2) is 42.5 Å². The lowest BCUT2D eigenvalue weighted by atomic mass is 9.84. The number of phenols is 1. The second kappa shape index (κ2) is 6.49. The van der Waals surface area contributed by atoms with Gasteiger partial charge in [0.1, 0.15) is 5.75 Å². The van der Waals surface area contributed by atoms with Crippen LogP contribution < -0.4 is 14.8 Å². The maximum Gasteiger partial charge on any atom is 0.231 e. The van der Waals surface area contributed by atoms with E-state index >= 15 is 0 Å². The molecule has 0 radical (unpaired) electrons. The van der Waals surface area contributed by atoms with Crippen molar-refractivity contribution in [2.45, 2.75) is 25.4 Å². The molecule has 6 rings (SSSR count). The van der Waals surface area contributed by atoms with Crippen LogP contribution in [-0.2, 0) is 6.54 Å². The molecule has 2 N–H and O–H groups in total. The highest BCUT2D eigenvalue weighted by Crippen LogP contribution is 2.37. The number of hydrogen-bond donors (Lipinski definition) is 2. The summed E-state index contributed by atoms with van der Waals surface area (Å²) in [6, 6.07) is 12.3. The number of rotatable bonds is 4. The van der Waals surface area contributed by atoms with Crippen molar-refractivity contribution in [3.8, 4) is 28.4 Å². The van der Waals surface area contributed by atoms with Gasteiger partial charge in [-0.25, -0.2) is 0 Å². The third kappa shape index (κ3) is 2.91. The minimum atomic E-state index is 0.281. The lowest BCUT2D eigenvalue weighted by Crippen LogP contribution is -2.55. The molecule has 0 aromatic heterocycles. The van der Waals surface area contributed by atoms with Crippen molar-refractivity contribution in [2.75, 3.05) is 26.4 Å². The van der Waals surface area contributed by atoms with Crippen molar-refractivity contribution in [3.05, 3.63) is 42.0 Å². The van der Waals surface area contributed by atoms with Crippen LogP contribution in [0.3, 0.4) is 0 Å². The fourth-order valence-corrected chi connectivity index (χ4v) is 4.42. The summed E-state index contributed by atoms with van der Waals surface area (Å²) in [6.07, 6.45) is 2.59. The van der Waals surface area contributed by atoms with E-state index in [1.54, 1.807) is 6.07 Å². The highest BCUT2D eigenvalue weighted by Gasteiger charge is 2.33. The van der Waals surface area contributed by atoms with Gasteiger partial charge in [0, 0.05) is 24.7 Å². The normalized spacial score (nSPS) is 26.2. The molecule has 4 aliphatic rings. The van der Waals surface area contributed by atoms with E-state index < -0.39 is 0 Å². The van der Waals surface area contributed by atoms with E-state index in [9.17, 15) is 5.11 Å². The molecule has 3 fully saturated rings. The van der Waals surface area contributed by atoms with Gasteiger partial charge in [-0.05, 0) is 67.2 Å². The summed E-state index contributed by atoms with van der Waals surface area (Å²) in [6.45, 7) is 4.59. The number of nitrogens with one attached hydrogen (secondary N) is 1. The van der Waals surface area contributed by atoms with E-state index in [2.05, 4.69) is 16.3 Å². The topological polar surface area (TPSA) is 54.0 Å². The zero-order valence-electron chi connectivity index (χ0n) is 14.8. The average molecular weight is 352 g/mol. The molecule has 4 aliphatic heterocycles. The second-order valence-corrected chi connectivity index (χ2v) is 7.54. The Hall–Kier alpha value is -2.24. The number of hydrogen-bond acceptors (Lipinski definition) is 5. The van der Waals surface area contributed by atoms with Gasteiger partial charge >= 0.3 is 0 Å². The molecule has 2 bridgehead atoms. The van der Waals surface area contributed by atoms with Gasteiger partial charge in [0.05, 0.1) is 0 Å².